The first-order valence-electron chi connectivity index (χ1n) is 5.48. The van der Waals surface area contributed by atoms with Crippen molar-refractivity contribution in [1.82, 2.24) is 0 Å². The first-order valence-corrected chi connectivity index (χ1v) is 5.48. The molecule has 1 aromatic carbocycles. The molecule has 1 unspecified atom stereocenters. The molecule has 0 heterocycles. The van der Waals surface area contributed by atoms with E-state index in [0.29, 0.717) is 12.5 Å². The SMILES string of the molecule is CC(C)Cc1ccccc1OCC(C)O. The van der Waals surface area contributed by atoms with E-state index < -0.39 is 6.10 Å². The van der Waals surface area contributed by atoms with Gasteiger partial charge in [0.05, 0.1) is 6.10 Å². The third-order valence-electron chi connectivity index (χ3n) is 2.08. The lowest BCUT2D eigenvalue weighted by Gasteiger charge is -2.13. The van der Waals surface area contributed by atoms with Crippen LogP contribution >= 0.6 is 0 Å². The molecular formula is C13H20O2. The van der Waals surface area contributed by atoms with Gasteiger partial charge in [-0.1, -0.05) is 32.0 Å². The van der Waals surface area contributed by atoms with Crippen LogP contribution in [0.1, 0.15) is 26.3 Å². The maximum absolute atomic E-state index is 9.16. The van der Waals surface area contributed by atoms with Gasteiger partial charge in [0.15, 0.2) is 0 Å². The van der Waals surface area contributed by atoms with E-state index in [1.807, 2.05) is 18.2 Å². The molecule has 2 nitrogen and oxygen atoms in total. The molecule has 0 spiro atoms. The zero-order valence-electron chi connectivity index (χ0n) is 9.73. The Kier molecular flexibility index (Phi) is 4.63. The maximum Gasteiger partial charge on any atom is 0.122 e. The van der Waals surface area contributed by atoms with Crippen LogP contribution in [-0.2, 0) is 6.42 Å². The van der Waals surface area contributed by atoms with Crippen LogP contribution in [0.4, 0.5) is 0 Å². The Morgan fingerprint density at radius 1 is 1.20 bits per heavy atom. The fourth-order valence-corrected chi connectivity index (χ4v) is 1.46. The lowest BCUT2D eigenvalue weighted by atomic mass is 10.0. The molecule has 0 fully saturated rings. The lowest BCUT2D eigenvalue weighted by Crippen LogP contribution is -2.13. The van der Waals surface area contributed by atoms with Gasteiger partial charge < -0.3 is 9.84 Å². The predicted molar refractivity (Wildman–Crippen MR) is 62.2 cm³/mol. The second kappa shape index (κ2) is 5.76. The summed E-state index contributed by atoms with van der Waals surface area (Å²) in [4.78, 5) is 0. The van der Waals surface area contributed by atoms with Crippen molar-refractivity contribution >= 4 is 0 Å². The lowest BCUT2D eigenvalue weighted by molar-refractivity contribution is 0.122. The van der Waals surface area contributed by atoms with Gasteiger partial charge in [-0.3, -0.25) is 0 Å². The molecule has 0 saturated heterocycles. The van der Waals surface area contributed by atoms with E-state index in [4.69, 9.17) is 9.84 Å². The van der Waals surface area contributed by atoms with Crippen LogP contribution in [0, 0.1) is 5.92 Å². The number of hydrogen-bond acceptors (Lipinski definition) is 2. The van der Waals surface area contributed by atoms with Crippen LogP contribution in [0.25, 0.3) is 0 Å². The molecule has 0 amide bonds. The van der Waals surface area contributed by atoms with Crippen molar-refractivity contribution in [3.05, 3.63) is 29.8 Å². The van der Waals surface area contributed by atoms with Crippen LogP contribution in [0.2, 0.25) is 0 Å². The summed E-state index contributed by atoms with van der Waals surface area (Å²) < 4.78 is 5.55. The molecule has 0 aliphatic carbocycles. The van der Waals surface area contributed by atoms with Crippen LogP contribution in [0.15, 0.2) is 24.3 Å². The van der Waals surface area contributed by atoms with Gasteiger partial charge in [0.1, 0.15) is 12.4 Å². The van der Waals surface area contributed by atoms with E-state index >= 15 is 0 Å². The van der Waals surface area contributed by atoms with Crippen molar-refractivity contribution in [3.63, 3.8) is 0 Å². The maximum atomic E-state index is 9.16. The standard InChI is InChI=1S/C13H20O2/c1-10(2)8-12-6-4-5-7-13(12)15-9-11(3)14/h4-7,10-11,14H,8-9H2,1-3H3. The third kappa shape index (κ3) is 4.34. The second-order valence-corrected chi connectivity index (χ2v) is 4.37. The predicted octanol–water partition coefficient (Wildman–Crippen LogP) is 2.64. The molecule has 0 saturated carbocycles. The third-order valence-corrected chi connectivity index (χ3v) is 2.08. The van der Waals surface area contributed by atoms with Gasteiger partial charge in [-0.2, -0.15) is 0 Å². The number of para-hydroxylation sites is 1. The van der Waals surface area contributed by atoms with Crippen LogP contribution in [0.5, 0.6) is 5.75 Å². The average Bonchev–Trinajstić information content (AvgIpc) is 2.15. The Bertz CT molecular complexity index is 292. The fourth-order valence-electron chi connectivity index (χ4n) is 1.46. The highest BCUT2D eigenvalue weighted by Crippen LogP contribution is 2.21. The van der Waals surface area contributed by atoms with Crippen molar-refractivity contribution in [3.8, 4) is 5.75 Å². The summed E-state index contributed by atoms with van der Waals surface area (Å²) in [6, 6.07) is 8.02. The molecule has 0 aromatic heterocycles. The zero-order valence-corrected chi connectivity index (χ0v) is 9.73. The van der Waals surface area contributed by atoms with Gasteiger partial charge in [0.25, 0.3) is 0 Å². The zero-order chi connectivity index (χ0) is 11.3. The summed E-state index contributed by atoms with van der Waals surface area (Å²) in [5.74, 6) is 1.51. The second-order valence-electron chi connectivity index (χ2n) is 4.37. The molecule has 0 bridgehead atoms. The van der Waals surface area contributed by atoms with Crippen molar-refractivity contribution in [2.45, 2.75) is 33.3 Å². The first kappa shape index (κ1) is 12.1. The summed E-state index contributed by atoms with van der Waals surface area (Å²) in [5.41, 5.74) is 1.22. The smallest absolute Gasteiger partial charge is 0.122 e. The van der Waals surface area contributed by atoms with Gasteiger partial charge in [0.2, 0.25) is 0 Å². The number of ether oxygens (including phenoxy) is 1. The molecule has 1 aromatic rings. The number of benzene rings is 1. The van der Waals surface area contributed by atoms with Crippen LogP contribution < -0.4 is 4.74 Å². The van der Waals surface area contributed by atoms with Crippen molar-refractivity contribution in [2.24, 2.45) is 5.92 Å². The van der Waals surface area contributed by atoms with E-state index in [2.05, 4.69) is 19.9 Å². The molecule has 0 aliphatic rings. The Labute approximate surface area is 91.9 Å². The molecule has 1 N–H and O–H groups in total. The van der Waals surface area contributed by atoms with Crippen molar-refractivity contribution in [2.75, 3.05) is 6.61 Å². The van der Waals surface area contributed by atoms with Crippen LogP contribution in [0.3, 0.4) is 0 Å². The van der Waals surface area contributed by atoms with Crippen molar-refractivity contribution < 1.29 is 9.84 Å². The molecule has 2 heteroatoms. The molecule has 15 heavy (non-hydrogen) atoms. The quantitative estimate of drug-likeness (QED) is 0.806. The van der Waals surface area contributed by atoms with Crippen LogP contribution in [-0.4, -0.2) is 17.8 Å². The average molecular weight is 208 g/mol. The minimum atomic E-state index is -0.419. The highest BCUT2D eigenvalue weighted by Gasteiger charge is 2.06. The minimum absolute atomic E-state index is 0.356. The largest absolute Gasteiger partial charge is 0.491 e. The minimum Gasteiger partial charge on any atom is -0.491 e. The number of hydrogen-bond donors (Lipinski definition) is 1. The van der Waals surface area contributed by atoms with E-state index in [0.717, 1.165) is 12.2 Å². The van der Waals surface area contributed by atoms with Gasteiger partial charge in [-0.05, 0) is 30.9 Å². The molecular weight excluding hydrogens is 188 g/mol. The van der Waals surface area contributed by atoms with Gasteiger partial charge in [-0.25, -0.2) is 0 Å². The van der Waals surface area contributed by atoms with Gasteiger partial charge in [0, 0.05) is 0 Å². The first-order chi connectivity index (χ1) is 7.09. The molecule has 84 valence electrons. The highest BCUT2D eigenvalue weighted by molar-refractivity contribution is 5.33. The molecule has 0 radical (unpaired) electrons. The number of aliphatic hydroxyl groups is 1. The van der Waals surface area contributed by atoms with Gasteiger partial charge in [-0.15, -0.1) is 0 Å². The van der Waals surface area contributed by atoms with E-state index in [-0.39, 0.29) is 0 Å². The number of aliphatic hydroxyl groups excluding tert-OH is 1. The van der Waals surface area contributed by atoms with Crippen molar-refractivity contribution in [1.29, 1.82) is 0 Å². The molecule has 1 rings (SSSR count). The monoisotopic (exact) mass is 208 g/mol. The van der Waals surface area contributed by atoms with Gasteiger partial charge >= 0.3 is 0 Å². The highest BCUT2D eigenvalue weighted by atomic mass is 16.5. The molecule has 0 aliphatic heterocycles. The summed E-state index contributed by atoms with van der Waals surface area (Å²) in [6.07, 6.45) is 0.591. The summed E-state index contributed by atoms with van der Waals surface area (Å²) in [5, 5.41) is 9.16. The Balaban J connectivity index is 2.68. The normalized spacial score (nSPS) is 12.9. The van der Waals surface area contributed by atoms with E-state index in [1.54, 1.807) is 6.92 Å². The molecule has 1 atom stereocenters. The number of rotatable bonds is 5. The Morgan fingerprint density at radius 2 is 1.87 bits per heavy atom. The van der Waals surface area contributed by atoms with E-state index in [9.17, 15) is 0 Å². The fraction of sp³-hybridized carbons (Fsp3) is 0.538. The Hall–Kier alpha value is -1.02. The summed E-state index contributed by atoms with van der Waals surface area (Å²) in [6.45, 7) is 6.46. The summed E-state index contributed by atoms with van der Waals surface area (Å²) in [7, 11) is 0. The summed E-state index contributed by atoms with van der Waals surface area (Å²) >= 11 is 0. The van der Waals surface area contributed by atoms with E-state index in [1.165, 1.54) is 5.56 Å². The topological polar surface area (TPSA) is 29.5 Å². The Morgan fingerprint density at radius 3 is 2.47 bits per heavy atom.